The molecule has 0 bridgehead atoms. The quantitative estimate of drug-likeness (QED) is 0.658. The van der Waals surface area contributed by atoms with E-state index in [0.717, 1.165) is 26.2 Å². The van der Waals surface area contributed by atoms with Crippen molar-refractivity contribution in [2.45, 2.75) is 25.3 Å². The highest BCUT2D eigenvalue weighted by molar-refractivity contribution is 5.76. The second-order valence-electron chi connectivity index (χ2n) is 4.44. The zero-order valence-corrected chi connectivity index (χ0v) is 9.71. The van der Waals surface area contributed by atoms with E-state index in [2.05, 4.69) is 10.6 Å². The number of rotatable bonds is 5. The molecule has 5 heteroatoms. The van der Waals surface area contributed by atoms with E-state index in [9.17, 15) is 4.79 Å². The van der Waals surface area contributed by atoms with Gasteiger partial charge in [0.25, 0.3) is 0 Å². The summed E-state index contributed by atoms with van der Waals surface area (Å²) in [6.45, 7) is 4.81. The van der Waals surface area contributed by atoms with E-state index in [-0.39, 0.29) is 6.03 Å². The number of carbonyl (C=O) groups is 1. The van der Waals surface area contributed by atoms with E-state index < -0.39 is 0 Å². The van der Waals surface area contributed by atoms with E-state index in [1.807, 2.05) is 0 Å². The van der Waals surface area contributed by atoms with Gasteiger partial charge >= 0.3 is 6.03 Å². The van der Waals surface area contributed by atoms with Gasteiger partial charge in [-0.15, -0.1) is 0 Å². The van der Waals surface area contributed by atoms with Crippen molar-refractivity contribution in [2.75, 3.05) is 39.4 Å². The molecule has 2 rings (SSSR count). The van der Waals surface area contributed by atoms with Crippen LogP contribution in [0.5, 0.6) is 0 Å². The Hall–Kier alpha value is -0.810. The van der Waals surface area contributed by atoms with Crippen molar-refractivity contribution in [1.82, 2.24) is 15.5 Å². The summed E-state index contributed by atoms with van der Waals surface area (Å²) in [5.41, 5.74) is 0. The first-order valence-corrected chi connectivity index (χ1v) is 6.20. The number of carbonyl (C=O) groups excluding carboxylic acids is 1. The van der Waals surface area contributed by atoms with Gasteiger partial charge in [-0.2, -0.15) is 0 Å². The molecule has 0 aromatic heterocycles. The van der Waals surface area contributed by atoms with Gasteiger partial charge in [-0.3, -0.25) is 0 Å². The smallest absolute Gasteiger partial charge is 0.317 e. The highest BCUT2D eigenvalue weighted by Gasteiger charge is 2.18. The van der Waals surface area contributed by atoms with Gasteiger partial charge in [0.05, 0.1) is 13.2 Å². The molecule has 2 heterocycles. The summed E-state index contributed by atoms with van der Waals surface area (Å²) < 4.78 is 5.60. The maximum atomic E-state index is 11.2. The first-order chi connectivity index (χ1) is 7.86. The number of amides is 2. The molecule has 2 aliphatic heterocycles. The number of hydrogen-bond acceptors (Lipinski definition) is 3. The monoisotopic (exact) mass is 227 g/mol. The van der Waals surface area contributed by atoms with Crippen LogP contribution in [-0.2, 0) is 4.74 Å². The van der Waals surface area contributed by atoms with Crippen LogP contribution in [0.25, 0.3) is 0 Å². The standard InChI is InChI=1S/C11H21N3O2/c15-11-13-5-6-14(11)7-8-16-9-10-3-1-2-4-12-10/h10,12H,1-9H2,(H,13,15). The molecule has 1 unspecified atom stereocenters. The molecule has 5 nitrogen and oxygen atoms in total. The van der Waals surface area contributed by atoms with E-state index in [4.69, 9.17) is 4.74 Å². The maximum Gasteiger partial charge on any atom is 0.317 e. The number of ether oxygens (including phenoxy) is 1. The second kappa shape index (κ2) is 6.06. The second-order valence-corrected chi connectivity index (χ2v) is 4.44. The molecule has 16 heavy (non-hydrogen) atoms. The molecule has 2 aliphatic rings. The SMILES string of the molecule is O=C1NCCN1CCOCC1CCCCN1. The lowest BCUT2D eigenvalue weighted by Gasteiger charge is -2.23. The zero-order valence-electron chi connectivity index (χ0n) is 9.71. The molecule has 2 saturated heterocycles. The van der Waals surface area contributed by atoms with Crippen LogP contribution >= 0.6 is 0 Å². The van der Waals surface area contributed by atoms with Crippen LogP contribution in [0, 0.1) is 0 Å². The summed E-state index contributed by atoms with van der Waals surface area (Å²) in [5.74, 6) is 0. The molecule has 2 amide bonds. The van der Waals surface area contributed by atoms with E-state index in [0.29, 0.717) is 19.2 Å². The third-order valence-electron chi connectivity index (χ3n) is 3.18. The van der Waals surface area contributed by atoms with Crippen LogP contribution in [0.2, 0.25) is 0 Å². The Balaban J connectivity index is 1.52. The maximum absolute atomic E-state index is 11.2. The highest BCUT2D eigenvalue weighted by Crippen LogP contribution is 2.07. The lowest BCUT2D eigenvalue weighted by molar-refractivity contribution is 0.0905. The van der Waals surface area contributed by atoms with Crippen LogP contribution in [0.3, 0.4) is 0 Å². The third kappa shape index (κ3) is 3.35. The normalized spacial score (nSPS) is 25.9. The van der Waals surface area contributed by atoms with E-state index in [1.165, 1.54) is 19.3 Å². The topological polar surface area (TPSA) is 53.6 Å². The van der Waals surface area contributed by atoms with Crippen molar-refractivity contribution in [3.05, 3.63) is 0 Å². The molecule has 1 atom stereocenters. The summed E-state index contributed by atoms with van der Waals surface area (Å²) in [4.78, 5) is 13.0. The fourth-order valence-corrected chi connectivity index (χ4v) is 2.19. The number of nitrogens with one attached hydrogen (secondary N) is 2. The average molecular weight is 227 g/mol. The Morgan fingerprint density at radius 3 is 3.00 bits per heavy atom. The fourth-order valence-electron chi connectivity index (χ4n) is 2.19. The van der Waals surface area contributed by atoms with Gasteiger partial charge in [0.2, 0.25) is 0 Å². The molecule has 0 aliphatic carbocycles. The number of piperidine rings is 1. The van der Waals surface area contributed by atoms with Gasteiger partial charge in [-0.1, -0.05) is 6.42 Å². The number of urea groups is 1. The van der Waals surface area contributed by atoms with Crippen LogP contribution < -0.4 is 10.6 Å². The van der Waals surface area contributed by atoms with Crippen molar-refractivity contribution < 1.29 is 9.53 Å². The van der Waals surface area contributed by atoms with Crippen molar-refractivity contribution >= 4 is 6.03 Å². The fraction of sp³-hybridized carbons (Fsp3) is 0.909. The summed E-state index contributed by atoms with van der Waals surface area (Å²) in [5, 5.41) is 6.22. The third-order valence-corrected chi connectivity index (χ3v) is 3.18. The van der Waals surface area contributed by atoms with Gasteiger partial charge in [0.1, 0.15) is 0 Å². The zero-order chi connectivity index (χ0) is 11.2. The van der Waals surface area contributed by atoms with E-state index >= 15 is 0 Å². The van der Waals surface area contributed by atoms with E-state index in [1.54, 1.807) is 4.90 Å². The summed E-state index contributed by atoms with van der Waals surface area (Å²) in [6.07, 6.45) is 3.80. The van der Waals surface area contributed by atoms with Crippen LogP contribution in [-0.4, -0.2) is 56.4 Å². The predicted molar refractivity (Wildman–Crippen MR) is 61.4 cm³/mol. The molecule has 2 N–H and O–H groups in total. The Bertz CT molecular complexity index is 229. The Morgan fingerprint density at radius 2 is 2.31 bits per heavy atom. The lowest BCUT2D eigenvalue weighted by Crippen LogP contribution is -2.38. The first-order valence-electron chi connectivity index (χ1n) is 6.20. The minimum atomic E-state index is 0.0411. The molecular weight excluding hydrogens is 206 g/mol. The highest BCUT2D eigenvalue weighted by atomic mass is 16.5. The van der Waals surface area contributed by atoms with Gasteiger partial charge in [0, 0.05) is 25.7 Å². The predicted octanol–water partition coefficient (Wildman–Crippen LogP) is 0.170. The van der Waals surface area contributed by atoms with Crippen LogP contribution in [0.1, 0.15) is 19.3 Å². The largest absolute Gasteiger partial charge is 0.378 e. The summed E-state index contributed by atoms with van der Waals surface area (Å²) in [7, 11) is 0. The molecule has 0 saturated carbocycles. The number of hydrogen-bond donors (Lipinski definition) is 2. The molecule has 2 fully saturated rings. The van der Waals surface area contributed by atoms with Crippen molar-refractivity contribution in [1.29, 1.82) is 0 Å². The molecule has 0 aromatic carbocycles. The minimum Gasteiger partial charge on any atom is -0.378 e. The first kappa shape index (κ1) is 11.7. The van der Waals surface area contributed by atoms with Gasteiger partial charge in [-0.25, -0.2) is 4.79 Å². The van der Waals surface area contributed by atoms with Gasteiger partial charge in [-0.05, 0) is 19.4 Å². The average Bonchev–Trinajstić information content (AvgIpc) is 2.72. The summed E-state index contributed by atoms with van der Waals surface area (Å²) in [6, 6.07) is 0.556. The lowest BCUT2D eigenvalue weighted by atomic mass is 10.1. The number of nitrogens with zero attached hydrogens (tertiary/aromatic N) is 1. The van der Waals surface area contributed by atoms with Gasteiger partial charge in [0.15, 0.2) is 0 Å². The van der Waals surface area contributed by atoms with Crippen molar-refractivity contribution in [3.8, 4) is 0 Å². The molecule has 0 radical (unpaired) electrons. The molecule has 92 valence electrons. The van der Waals surface area contributed by atoms with Gasteiger partial charge < -0.3 is 20.3 Å². The van der Waals surface area contributed by atoms with Crippen LogP contribution in [0.15, 0.2) is 0 Å². The molecular formula is C11H21N3O2. The Kier molecular flexibility index (Phi) is 4.42. The van der Waals surface area contributed by atoms with Crippen LogP contribution in [0.4, 0.5) is 4.79 Å². The molecule has 0 spiro atoms. The Labute approximate surface area is 96.5 Å². The van der Waals surface area contributed by atoms with Crippen molar-refractivity contribution in [3.63, 3.8) is 0 Å². The Morgan fingerprint density at radius 1 is 1.38 bits per heavy atom. The molecule has 0 aromatic rings. The minimum absolute atomic E-state index is 0.0411. The summed E-state index contributed by atoms with van der Waals surface area (Å²) >= 11 is 0. The van der Waals surface area contributed by atoms with Crippen molar-refractivity contribution in [2.24, 2.45) is 0 Å².